The average molecular weight is 261 g/mol. The summed E-state index contributed by atoms with van der Waals surface area (Å²) in [5, 5.41) is 0. The van der Waals surface area contributed by atoms with Crippen LogP contribution in [0.4, 0.5) is 5.69 Å². The number of hydrogen-bond donors (Lipinski definition) is 0. The number of carbonyl (C=O) groups excluding carboxylic acids is 2. The van der Waals surface area contributed by atoms with E-state index in [4.69, 9.17) is 4.74 Å². The fourth-order valence-corrected chi connectivity index (χ4v) is 2.14. The first-order valence-corrected chi connectivity index (χ1v) is 6.51. The Labute approximate surface area is 113 Å². The lowest BCUT2D eigenvalue weighted by molar-refractivity contribution is -0.119. The number of nitrogens with zero attached hydrogens (tertiary/aromatic N) is 1. The van der Waals surface area contributed by atoms with Gasteiger partial charge in [0.15, 0.2) is 5.78 Å². The lowest BCUT2D eigenvalue weighted by Crippen LogP contribution is -2.27. The monoisotopic (exact) mass is 261 g/mol. The number of Topliss-reactive ketones (excluding diaryl/α,β-unsaturated/α-hetero) is 1. The first-order chi connectivity index (χ1) is 8.90. The third-order valence-electron chi connectivity index (χ3n) is 3.29. The quantitative estimate of drug-likeness (QED) is 0.769. The Morgan fingerprint density at radius 3 is 2.74 bits per heavy atom. The molecular formula is C15H19NO3. The van der Waals surface area contributed by atoms with Crippen LogP contribution in [-0.4, -0.2) is 24.8 Å². The van der Waals surface area contributed by atoms with Crippen molar-refractivity contribution in [3.63, 3.8) is 0 Å². The van der Waals surface area contributed by atoms with Gasteiger partial charge in [-0.1, -0.05) is 13.8 Å². The fourth-order valence-electron chi connectivity index (χ4n) is 2.14. The first-order valence-electron chi connectivity index (χ1n) is 6.51. The third-order valence-corrected chi connectivity index (χ3v) is 3.29. The molecule has 1 aromatic carbocycles. The summed E-state index contributed by atoms with van der Waals surface area (Å²) >= 11 is 0. The van der Waals surface area contributed by atoms with Crippen LogP contribution in [-0.2, 0) is 4.79 Å². The van der Waals surface area contributed by atoms with Gasteiger partial charge in [-0.15, -0.1) is 0 Å². The number of carbonyl (C=O) groups is 2. The number of anilines is 1. The van der Waals surface area contributed by atoms with Gasteiger partial charge in [-0.25, -0.2) is 0 Å². The zero-order valence-electron chi connectivity index (χ0n) is 11.8. The van der Waals surface area contributed by atoms with Crippen LogP contribution < -0.4 is 9.64 Å². The maximum atomic E-state index is 12.0. The van der Waals surface area contributed by atoms with E-state index in [1.54, 1.807) is 30.1 Å². The van der Waals surface area contributed by atoms with Gasteiger partial charge >= 0.3 is 0 Å². The fraction of sp³-hybridized carbons (Fsp3) is 0.467. The molecule has 1 amide bonds. The number of hydrogen-bond acceptors (Lipinski definition) is 3. The van der Waals surface area contributed by atoms with Crippen LogP contribution in [0, 0.1) is 5.92 Å². The molecule has 4 heteroatoms. The zero-order chi connectivity index (χ0) is 14.2. The van der Waals surface area contributed by atoms with Crippen molar-refractivity contribution in [2.75, 3.05) is 11.9 Å². The van der Waals surface area contributed by atoms with E-state index in [9.17, 15) is 9.59 Å². The number of fused-ring (bicyclic) bond motifs is 1. The van der Waals surface area contributed by atoms with E-state index < -0.39 is 0 Å². The second-order valence-electron chi connectivity index (χ2n) is 5.29. The van der Waals surface area contributed by atoms with E-state index in [2.05, 4.69) is 0 Å². The van der Waals surface area contributed by atoms with Crippen molar-refractivity contribution < 1.29 is 14.3 Å². The summed E-state index contributed by atoms with van der Waals surface area (Å²) < 4.78 is 5.72. The second-order valence-corrected chi connectivity index (χ2v) is 5.29. The smallest absolute Gasteiger partial charge is 0.230 e. The topological polar surface area (TPSA) is 46.6 Å². The van der Waals surface area contributed by atoms with Gasteiger partial charge in [0.05, 0.1) is 12.1 Å². The van der Waals surface area contributed by atoms with Gasteiger partial charge in [-0.3, -0.25) is 9.59 Å². The molecule has 1 unspecified atom stereocenters. The standard InChI is InChI=1S/C15H19NO3/c1-9(2)15(18)11-5-6-13-12(8-11)16(4)14(17)7-10(3)19-13/h5-6,8-10H,7H2,1-4H3. The van der Waals surface area contributed by atoms with Crippen LogP contribution >= 0.6 is 0 Å². The summed E-state index contributed by atoms with van der Waals surface area (Å²) in [5.74, 6) is 0.659. The Balaban J connectivity index is 2.46. The molecule has 2 rings (SSSR count). The molecule has 0 fully saturated rings. The summed E-state index contributed by atoms with van der Waals surface area (Å²) in [6, 6.07) is 5.28. The van der Waals surface area contributed by atoms with E-state index in [1.165, 1.54) is 0 Å². The summed E-state index contributed by atoms with van der Waals surface area (Å²) in [6.07, 6.45) is 0.196. The van der Waals surface area contributed by atoms with Gasteiger partial charge in [-0.2, -0.15) is 0 Å². The molecule has 0 N–H and O–H groups in total. The Hall–Kier alpha value is -1.84. The Morgan fingerprint density at radius 2 is 2.11 bits per heavy atom. The number of ketones is 1. The molecule has 0 spiro atoms. The molecule has 4 nitrogen and oxygen atoms in total. The third kappa shape index (κ3) is 2.62. The SMILES string of the molecule is CC1CC(=O)N(C)c2cc(C(=O)C(C)C)ccc2O1. The van der Waals surface area contributed by atoms with Gasteiger partial charge in [-0.05, 0) is 25.1 Å². The van der Waals surface area contributed by atoms with Crippen molar-refractivity contribution in [2.24, 2.45) is 5.92 Å². The van der Waals surface area contributed by atoms with Gasteiger partial charge in [0.1, 0.15) is 11.9 Å². The minimum Gasteiger partial charge on any atom is -0.488 e. The Kier molecular flexibility index (Phi) is 3.60. The van der Waals surface area contributed by atoms with Crippen LogP contribution in [0.15, 0.2) is 18.2 Å². The van der Waals surface area contributed by atoms with Crippen molar-refractivity contribution in [2.45, 2.75) is 33.3 Å². The molecular weight excluding hydrogens is 242 g/mol. The number of ether oxygens (including phenoxy) is 1. The summed E-state index contributed by atoms with van der Waals surface area (Å²) in [6.45, 7) is 5.59. The van der Waals surface area contributed by atoms with Crippen molar-refractivity contribution in [3.05, 3.63) is 23.8 Å². The summed E-state index contributed by atoms with van der Waals surface area (Å²) in [4.78, 5) is 25.6. The Bertz CT molecular complexity index is 522. The van der Waals surface area contributed by atoms with E-state index in [1.807, 2.05) is 20.8 Å². The van der Waals surface area contributed by atoms with Gasteiger partial charge in [0, 0.05) is 18.5 Å². The molecule has 0 aromatic heterocycles. The highest BCUT2D eigenvalue weighted by Gasteiger charge is 2.25. The van der Waals surface area contributed by atoms with E-state index in [0.29, 0.717) is 23.4 Å². The molecule has 0 saturated heterocycles. The van der Waals surface area contributed by atoms with Crippen LogP contribution in [0.2, 0.25) is 0 Å². The predicted octanol–water partition coefficient (Wildman–Crippen LogP) is 2.66. The van der Waals surface area contributed by atoms with Gasteiger partial charge in [0.2, 0.25) is 5.91 Å². The van der Waals surface area contributed by atoms with E-state index in [-0.39, 0.29) is 23.7 Å². The van der Waals surface area contributed by atoms with Crippen LogP contribution in [0.5, 0.6) is 5.75 Å². The molecule has 0 aliphatic carbocycles. The normalized spacial score (nSPS) is 18.9. The van der Waals surface area contributed by atoms with E-state index >= 15 is 0 Å². The highest BCUT2D eigenvalue weighted by atomic mass is 16.5. The highest BCUT2D eigenvalue weighted by Crippen LogP contribution is 2.33. The minimum atomic E-state index is -0.150. The van der Waals surface area contributed by atoms with Crippen molar-refractivity contribution in [3.8, 4) is 5.75 Å². The van der Waals surface area contributed by atoms with Crippen molar-refractivity contribution in [1.82, 2.24) is 0 Å². The van der Waals surface area contributed by atoms with Crippen LogP contribution in [0.1, 0.15) is 37.6 Å². The molecule has 1 atom stereocenters. The van der Waals surface area contributed by atoms with Crippen molar-refractivity contribution >= 4 is 17.4 Å². The van der Waals surface area contributed by atoms with Crippen LogP contribution in [0.3, 0.4) is 0 Å². The molecule has 19 heavy (non-hydrogen) atoms. The molecule has 0 bridgehead atoms. The maximum Gasteiger partial charge on any atom is 0.230 e. The van der Waals surface area contributed by atoms with Crippen LogP contribution in [0.25, 0.3) is 0 Å². The lowest BCUT2D eigenvalue weighted by atomic mass is 10.0. The molecule has 102 valence electrons. The molecule has 1 aliphatic rings. The molecule has 1 aliphatic heterocycles. The number of amides is 1. The lowest BCUT2D eigenvalue weighted by Gasteiger charge is -2.17. The number of rotatable bonds is 2. The maximum absolute atomic E-state index is 12.0. The summed E-state index contributed by atoms with van der Waals surface area (Å²) in [7, 11) is 1.71. The Morgan fingerprint density at radius 1 is 1.42 bits per heavy atom. The van der Waals surface area contributed by atoms with Crippen molar-refractivity contribution in [1.29, 1.82) is 0 Å². The highest BCUT2D eigenvalue weighted by molar-refractivity contribution is 6.01. The molecule has 1 aromatic rings. The molecule has 0 radical (unpaired) electrons. The largest absolute Gasteiger partial charge is 0.488 e. The van der Waals surface area contributed by atoms with Gasteiger partial charge < -0.3 is 9.64 Å². The average Bonchev–Trinajstić information content (AvgIpc) is 2.46. The minimum absolute atomic E-state index is 0.000367. The second kappa shape index (κ2) is 5.03. The summed E-state index contributed by atoms with van der Waals surface area (Å²) in [5.41, 5.74) is 1.28. The zero-order valence-corrected chi connectivity index (χ0v) is 11.8. The first kappa shape index (κ1) is 13.6. The number of benzene rings is 1. The van der Waals surface area contributed by atoms with Gasteiger partial charge in [0.25, 0.3) is 0 Å². The molecule has 0 saturated carbocycles. The molecule has 1 heterocycles. The van der Waals surface area contributed by atoms with E-state index in [0.717, 1.165) is 0 Å². The predicted molar refractivity (Wildman–Crippen MR) is 73.7 cm³/mol.